The van der Waals surface area contributed by atoms with E-state index in [1.54, 1.807) is 42.5 Å². The molecule has 0 radical (unpaired) electrons. The van der Waals surface area contributed by atoms with Crippen molar-refractivity contribution in [2.24, 2.45) is 0 Å². The summed E-state index contributed by atoms with van der Waals surface area (Å²) < 4.78 is 0. The number of aromatic hydroxyl groups is 1. The van der Waals surface area contributed by atoms with Gasteiger partial charge in [-0.15, -0.1) is 11.3 Å². The fraction of sp³-hybridized carbons (Fsp3) is 0.136. The van der Waals surface area contributed by atoms with Gasteiger partial charge in [-0.1, -0.05) is 42.5 Å². The molecular formula is C22H18N2O4S. The second-order valence-electron chi connectivity index (χ2n) is 6.76. The third kappa shape index (κ3) is 3.19. The van der Waals surface area contributed by atoms with Crippen molar-refractivity contribution in [2.45, 2.75) is 19.9 Å². The van der Waals surface area contributed by atoms with Crippen LogP contribution in [0, 0.1) is 13.8 Å². The summed E-state index contributed by atoms with van der Waals surface area (Å²) >= 11 is 1.32. The fourth-order valence-electron chi connectivity index (χ4n) is 3.31. The van der Waals surface area contributed by atoms with Crippen molar-refractivity contribution in [3.05, 3.63) is 81.9 Å². The number of carbonyl (C=O) groups is 2. The number of phenolic OH excluding ortho intramolecular Hbond substituents is 1. The zero-order valence-corrected chi connectivity index (χ0v) is 16.6. The lowest BCUT2D eigenvalue weighted by atomic mass is 9.95. The summed E-state index contributed by atoms with van der Waals surface area (Å²) in [7, 11) is 0. The third-order valence-corrected chi connectivity index (χ3v) is 6.00. The molecule has 7 heteroatoms. The van der Waals surface area contributed by atoms with Crippen LogP contribution < -0.4 is 4.90 Å². The minimum absolute atomic E-state index is 0.00241. The first-order chi connectivity index (χ1) is 13.9. The highest BCUT2D eigenvalue weighted by molar-refractivity contribution is 7.16. The number of benzene rings is 2. The normalized spacial score (nSPS) is 18.4. The highest BCUT2D eigenvalue weighted by atomic mass is 32.1. The summed E-state index contributed by atoms with van der Waals surface area (Å²) in [5, 5.41) is 21.0. The molecule has 1 aliphatic heterocycles. The molecule has 0 aliphatic carbocycles. The molecule has 3 aromatic rings. The summed E-state index contributed by atoms with van der Waals surface area (Å²) in [5.74, 6) is -1.69. The van der Waals surface area contributed by atoms with Crippen LogP contribution in [-0.2, 0) is 9.59 Å². The number of aromatic nitrogens is 1. The quantitative estimate of drug-likeness (QED) is 0.388. The largest absolute Gasteiger partial charge is 0.508 e. The lowest BCUT2D eigenvalue weighted by Gasteiger charge is -2.23. The van der Waals surface area contributed by atoms with Crippen molar-refractivity contribution in [3.8, 4) is 5.75 Å². The van der Waals surface area contributed by atoms with E-state index >= 15 is 0 Å². The lowest BCUT2D eigenvalue weighted by Crippen LogP contribution is -2.29. The smallest absolute Gasteiger partial charge is 0.301 e. The van der Waals surface area contributed by atoms with Crippen LogP contribution >= 0.6 is 11.3 Å². The topological polar surface area (TPSA) is 90.7 Å². The molecule has 0 spiro atoms. The Hall–Kier alpha value is -3.45. The van der Waals surface area contributed by atoms with Gasteiger partial charge in [0.15, 0.2) is 5.13 Å². The van der Waals surface area contributed by atoms with Gasteiger partial charge >= 0.3 is 5.91 Å². The molecule has 1 unspecified atom stereocenters. The SMILES string of the molecule is Cc1nc(N2C(=O)C(=O)C(=C(O)c3ccccc3)C2c2ccc(O)cc2)sc1C. The Bertz CT molecular complexity index is 1110. The molecule has 1 saturated heterocycles. The number of thiazole rings is 1. The number of hydrogen-bond acceptors (Lipinski definition) is 6. The van der Waals surface area contributed by atoms with Gasteiger partial charge in [-0.3, -0.25) is 14.5 Å². The number of anilines is 1. The van der Waals surface area contributed by atoms with E-state index in [9.17, 15) is 19.8 Å². The molecule has 6 nitrogen and oxygen atoms in total. The molecule has 4 rings (SSSR count). The Morgan fingerprint density at radius 3 is 2.28 bits per heavy atom. The maximum absolute atomic E-state index is 13.0. The number of aliphatic hydroxyl groups is 1. The Labute approximate surface area is 171 Å². The number of rotatable bonds is 3. The average Bonchev–Trinajstić information content (AvgIpc) is 3.18. The molecule has 2 N–H and O–H groups in total. The number of ketones is 1. The van der Waals surface area contributed by atoms with Gasteiger partial charge < -0.3 is 10.2 Å². The van der Waals surface area contributed by atoms with Crippen LogP contribution in [0.25, 0.3) is 5.76 Å². The second kappa shape index (κ2) is 7.18. The second-order valence-corrected chi connectivity index (χ2v) is 7.95. The number of aryl methyl sites for hydroxylation is 2. The van der Waals surface area contributed by atoms with Crippen LogP contribution in [0.5, 0.6) is 5.75 Å². The number of Topliss-reactive ketones (excluding diaryl/α,β-unsaturated/α-hetero) is 1. The summed E-state index contributed by atoms with van der Waals surface area (Å²) in [4.78, 5) is 32.7. The van der Waals surface area contributed by atoms with Gasteiger partial charge in [0.2, 0.25) is 0 Å². The Morgan fingerprint density at radius 1 is 1.03 bits per heavy atom. The molecule has 1 atom stereocenters. The van der Waals surface area contributed by atoms with Crippen LogP contribution in [0.1, 0.15) is 27.7 Å². The molecule has 0 saturated carbocycles. The third-order valence-electron chi connectivity index (χ3n) is 4.92. The predicted molar refractivity (Wildman–Crippen MR) is 111 cm³/mol. The van der Waals surface area contributed by atoms with Crippen molar-refractivity contribution in [3.63, 3.8) is 0 Å². The average molecular weight is 406 g/mol. The molecule has 2 heterocycles. The van der Waals surface area contributed by atoms with E-state index in [2.05, 4.69) is 4.98 Å². The van der Waals surface area contributed by atoms with Gasteiger partial charge in [0.1, 0.15) is 11.5 Å². The summed E-state index contributed by atoms with van der Waals surface area (Å²) in [6, 6.07) is 14.0. The van der Waals surface area contributed by atoms with Crippen LogP contribution in [0.4, 0.5) is 5.13 Å². The zero-order valence-electron chi connectivity index (χ0n) is 15.8. The number of nitrogens with zero attached hydrogens (tertiary/aromatic N) is 2. The molecule has 1 aromatic heterocycles. The number of hydrogen-bond donors (Lipinski definition) is 2. The van der Waals surface area contributed by atoms with E-state index < -0.39 is 17.7 Å². The van der Waals surface area contributed by atoms with Crippen LogP contribution in [-0.4, -0.2) is 26.9 Å². The minimum atomic E-state index is -0.847. The maximum Gasteiger partial charge on any atom is 0.301 e. The van der Waals surface area contributed by atoms with Gasteiger partial charge in [-0.25, -0.2) is 4.98 Å². The number of aliphatic hydroxyl groups excluding tert-OH is 1. The van der Waals surface area contributed by atoms with E-state index in [1.807, 2.05) is 13.8 Å². The Balaban J connectivity index is 1.95. The highest BCUT2D eigenvalue weighted by Crippen LogP contribution is 2.43. The van der Waals surface area contributed by atoms with Gasteiger partial charge in [0, 0.05) is 10.4 Å². The van der Waals surface area contributed by atoms with Crippen molar-refractivity contribution >= 4 is 33.9 Å². The molecular weight excluding hydrogens is 388 g/mol. The summed E-state index contributed by atoms with van der Waals surface area (Å²) in [6.07, 6.45) is 0. The Kier molecular flexibility index (Phi) is 4.68. The van der Waals surface area contributed by atoms with E-state index in [4.69, 9.17) is 0 Å². The van der Waals surface area contributed by atoms with E-state index in [-0.39, 0.29) is 17.1 Å². The Morgan fingerprint density at radius 2 is 1.69 bits per heavy atom. The van der Waals surface area contributed by atoms with Crippen molar-refractivity contribution in [2.75, 3.05) is 4.90 Å². The molecule has 0 bridgehead atoms. The van der Waals surface area contributed by atoms with E-state index in [0.29, 0.717) is 16.3 Å². The first-order valence-electron chi connectivity index (χ1n) is 8.98. The van der Waals surface area contributed by atoms with E-state index in [0.717, 1.165) is 10.6 Å². The molecule has 1 fully saturated rings. The maximum atomic E-state index is 13.0. The standard InChI is InChI=1S/C22H18N2O4S/c1-12-13(2)29-22(23-12)24-18(14-8-10-16(25)11-9-14)17(20(27)21(24)28)19(26)15-6-4-3-5-7-15/h3-11,18,25-26H,1-2H3. The number of phenols is 1. The lowest BCUT2D eigenvalue weighted by molar-refractivity contribution is -0.132. The first-order valence-corrected chi connectivity index (χ1v) is 9.79. The predicted octanol–water partition coefficient (Wildman–Crippen LogP) is 4.09. The molecule has 1 amide bonds. The van der Waals surface area contributed by atoms with Gasteiger partial charge in [0.05, 0.1) is 17.3 Å². The molecule has 1 aliphatic rings. The fourth-order valence-corrected chi connectivity index (χ4v) is 4.25. The summed E-state index contributed by atoms with van der Waals surface area (Å²) in [5.41, 5.74) is 1.81. The molecule has 146 valence electrons. The van der Waals surface area contributed by atoms with E-state index in [1.165, 1.54) is 28.4 Å². The zero-order chi connectivity index (χ0) is 20.7. The molecule has 2 aromatic carbocycles. The number of carbonyl (C=O) groups excluding carboxylic acids is 2. The van der Waals surface area contributed by atoms with Crippen LogP contribution in [0.15, 0.2) is 60.2 Å². The van der Waals surface area contributed by atoms with Gasteiger partial charge in [0.25, 0.3) is 5.78 Å². The highest BCUT2D eigenvalue weighted by Gasteiger charge is 2.48. The van der Waals surface area contributed by atoms with Crippen molar-refractivity contribution in [1.82, 2.24) is 4.98 Å². The van der Waals surface area contributed by atoms with Gasteiger partial charge in [-0.05, 0) is 31.5 Å². The van der Waals surface area contributed by atoms with Crippen molar-refractivity contribution < 1.29 is 19.8 Å². The van der Waals surface area contributed by atoms with Crippen LogP contribution in [0.2, 0.25) is 0 Å². The van der Waals surface area contributed by atoms with Gasteiger partial charge in [-0.2, -0.15) is 0 Å². The molecule has 29 heavy (non-hydrogen) atoms. The summed E-state index contributed by atoms with van der Waals surface area (Å²) in [6.45, 7) is 3.73. The number of amides is 1. The first kappa shape index (κ1) is 18.9. The monoisotopic (exact) mass is 406 g/mol. The van der Waals surface area contributed by atoms with Crippen molar-refractivity contribution in [1.29, 1.82) is 0 Å². The van der Waals surface area contributed by atoms with Crippen LogP contribution in [0.3, 0.4) is 0 Å². The minimum Gasteiger partial charge on any atom is -0.508 e.